The van der Waals surface area contributed by atoms with Crippen molar-refractivity contribution < 1.29 is 13.2 Å². The zero-order valence-corrected chi connectivity index (χ0v) is 11.2. The van der Waals surface area contributed by atoms with Gasteiger partial charge in [-0.3, -0.25) is 4.68 Å². The maximum absolute atomic E-state index is 13.4. The second-order valence-corrected chi connectivity index (χ2v) is 4.47. The van der Waals surface area contributed by atoms with Crippen LogP contribution < -0.4 is 5.32 Å². The monoisotopic (exact) mass is 284 g/mol. The van der Waals surface area contributed by atoms with Gasteiger partial charge in [0, 0.05) is 7.05 Å². The van der Waals surface area contributed by atoms with Gasteiger partial charge in [0.05, 0.1) is 17.9 Å². The maximum Gasteiger partial charge on any atom is 0.194 e. The fraction of sp³-hybridized carbons (Fsp3) is 0.385. The van der Waals surface area contributed by atoms with E-state index in [9.17, 15) is 13.2 Å². The van der Waals surface area contributed by atoms with E-state index in [1.54, 1.807) is 7.05 Å². The molecule has 0 fully saturated rings. The third-order valence-electron chi connectivity index (χ3n) is 2.98. The highest BCUT2D eigenvalue weighted by Gasteiger charge is 2.21. The first-order valence-corrected chi connectivity index (χ1v) is 6.27. The highest BCUT2D eigenvalue weighted by Crippen LogP contribution is 2.24. The smallest absolute Gasteiger partial charge is 0.194 e. The summed E-state index contributed by atoms with van der Waals surface area (Å²) in [5, 5.41) is 10.7. The van der Waals surface area contributed by atoms with Gasteiger partial charge in [-0.15, -0.1) is 5.10 Å². The molecule has 0 saturated heterocycles. The fourth-order valence-electron chi connectivity index (χ4n) is 1.98. The van der Waals surface area contributed by atoms with Gasteiger partial charge in [0.25, 0.3) is 0 Å². The molecule has 20 heavy (non-hydrogen) atoms. The van der Waals surface area contributed by atoms with E-state index >= 15 is 0 Å². The topological polar surface area (TPSA) is 42.7 Å². The number of nitrogens with one attached hydrogen (secondary N) is 1. The molecular weight excluding hydrogens is 269 g/mol. The molecular formula is C13H15F3N4. The van der Waals surface area contributed by atoms with Gasteiger partial charge in [0.2, 0.25) is 0 Å². The van der Waals surface area contributed by atoms with Crippen molar-refractivity contribution in [3.63, 3.8) is 0 Å². The lowest BCUT2D eigenvalue weighted by Gasteiger charge is -2.19. The number of aromatic nitrogens is 3. The van der Waals surface area contributed by atoms with Crippen LogP contribution in [0.2, 0.25) is 0 Å². The van der Waals surface area contributed by atoms with Crippen LogP contribution in [-0.2, 0) is 7.05 Å². The first-order chi connectivity index (χ1) is 9.54. The molecule has 4 nitrogen and oxygen atoms in total. The summed E-state index contributed by atoms with van der Waals surface area (Å²) in [5.74, 6) is -3.89. The van der Waals surface area contributed by atoms with Gasteiger partial charge in [0.15, 0.2) is 17.5 Å². The van der Waals surface area contributed by atoms with Gasteiger partial charge in [-0.25, -0.2) is 13.2 Å². The Morgan fingerprint density at radius 1 is 1.25 bits per heavy atom. The molecule has 2 aromatic rings. The van der Waals surface area contributed by atoms with E-state index in [0.29, 0.717) is 17.8 Å². The molecule has 7 heteroatoms. The average Bonchev–Trinajstić information content (AvgIpc) is 2.83. The standard InChI is InChI=1S/C13H15F3N4/c1-3-4-17-13(11-7-18-19-20(11)2)8-5-9(14)12(16)10(15)6-8/h5-7,13,17H,3-4H2,1-2H3. The van der Waals surface area contributed by atoms with Crippen LogP contribution in [0.3, 0.4) is 0 Å². The van der Waals surface area contributed by atoms with Gasteiger partial charge in [-0.05, 0) is 30.7 Å². The maximum atomic E-state index is 13.4. The molecule has 2 rings (SSSR count). The summed E-state index contributed by atoms with van der Waals surface area (Å²) in [4.78, 5) is 0. The molecule has 0 amide bonds. The Hall–Kier alpha value is -1.89. The Balaban J connectivity index is 2.44. The lowest BCUT2D eigenvalue weighted by Crippen LogP contribution is -2.25. The molecule has 0 aliphatic heterocycles. The van der Waals surface area contributed by atoms with Crippen molar-refractivity contribution in [1.29, 1.82) is 0 Å². The number of benzene rings is 1. The average molecular weight is 284 g/mol. The molecule has 0 saturated carbocycles. The summed E-state index contributed by atoms with van der Waals surface area (Å²) in [7, 11) is 1.68. The van der Waals surface area contributed by atoms with Crippen LogP contribution in [0.4, 0.5) is 13.2 Å². The van der Waals surface area contributed by atoms with Crippen LogP contribution in [0, 0.1) is 17.5 Å². The van der Waals surface area contributed by atoms with Crippen LogP contribution in [0.15, 0.2) is 18.3 Å². The van der Waals surface area contributed by atoms with Crippen molar-refractivity contribution >= 4 is 0 Å². The van der Waals surface area contributed by atoms with E-state index < -0.39 is 23.5 Å². The third kappa shape index (κ3) is 2.82. The number of aryl methyl sites for hydroxylation is 1. The van der Waals surface area contributed by atoms with E-state index in [-0.39, 0.29) is 0 Å². The van der Waals surface area contributed by atoms with Crippen LogP contribution in [0.1, 0.15) is 30.6 Å². The molecule has 1 aromatic heterocycles. The Morgan fingerprint density at radius 3 is 2.40 bits per heavy atom. The molecule has 1 heterocycles. The molecule has 0 bridgehead atoms. The number of hydrogen-bond donors (Lipinski definition) is 1. The van der Waals surface area contributed by atoms with Gasteiger partial charge in [-0.1, -0.05) is 12.1 Å². The number of rotatable bonds is 5. The summed E-state index contributed by atoms with van der Waals surface area (Å²) < 4.78 is 41.3. The lowest BCUT2D eigenvalue weighted by molar-refractivity contribution is 0.441. The molecule has 0 spiro atoms. The van der Waals surface area contributed by atoms with Gasteiger partial charge in [0.1, 0.15) is 0 Å². The number of hydrogen-bond acceptors (Lipinski definition) is 3. The normalized spacial score (nSPS) is 12.7. The zero-order chi connectivity index (χ0) is 14.7. The van der Waals surface area contributed by atoms with Crippen LogP contribution in [0.5, 0.6) is 0 Å². The number of nitrogens with zero attached hydrogens (tertiary/aromatic N) is 3. The summed E-state index contributed by atoms with van der Waals surface area (Å²) in [6.07, 6.45) is 2.35. The number of halogens is 3. The first-order valence-electron chi connectivity index (χ1n) is 6.27. The van der Waals surface area contributed by atoms with Crippen LogP contribution >= 0.6 is 0 Å². The molecule has 1 atom stereocenters. The summed E-state index contributed by atoms with van der Waals surface area (Å²) in [6, 6.07) is 1.47. The molecule has 1 N–H and O–H groups in total. The Morgan fingerprint density at radius 2 is 1.90 bits per heavy atom. The Kier molecular flexibility index (Phi) is 4.39. The Bertz CT molecular complexity index is 574. The third-order valence-corrected chi connectivity index (χ3v) is 2.98. The molecule has 0 aliphatic rings. The Labute approximate surface area is 114 Å². The predicted octanol–water partition coefficient (Wildman–Crippen LogP) is 2.32. The minimum Gasteiger partial charge on any atom is -0.305 e. The molecule has 1 aromatic carbocycles. The van der Waals surface area contributed by atoms with Crippen LogP contribution in [-0.4, -0.2) is 21.5 Å². The van der Waals surface area contributed by atoms with E-state index in [0.717, 1.165) is 18.6 Å². The summed E-state index contributed by atoms with van der Waals surface area (Å²) in [6.45, 7) is 2.61. The van der Waals surface area contributed by atoms with Crippen LogP contribution in [0.25, 0.3) is 0 Å². The first kappa shape index (κ1) is 14.5. The van der Waals surface area contributed by atoms with Gasteiger partial charge in [-0.2, -0.15) is 0 Å². The highest BCUT2D eigenvalue weighted by molar-refractivity contribution is 5.28. The zero-order valence-electron chi connectivity index (χ0n) is 11.2. The second-order valence-electron chi connectivity index (χ2n) is 4.47. The van der Waals surface area contributed by atoms with Crippen molar-refractivity contribution in [3.05, 3.63) is 47.0 Å². The highest BCUT2D eigenvalue weighted by atomic mass is 19.2. The minimum atomic E-state index is -1.47. The van der Waals surface area contributed by atoms with Gasteiger partial charge < -0.3 is 5.32 Å². The molecule has 108 valence electrons. The van der Waals surface area contributed by atoms with Crippen molar-refractivity contribution in [2.75, 3.05) is 6.54 Å². The summed E-state index contributed by atoms with van der Waals surface area (Å²) >= 11 is 0. The van der Waals surface area contributed by atoms with E-state index in [1.165, 1.54) is 10.9 Å². The van der Waals surface area contributed by atoms with Crippen molar-refractivity contribution in [2.45, 2.75) is 19.4 Å². The molecule has 0 radical (unpaired) electrons. The summed E-state index contributed by atoms with van der Waals surface area (Å²) in [5.41, 5.74) is 0.934. The van der Waals surface area contributed by atoms with E-state index in [1.807, 2.05) is 6.92 Å². The lowest BCUT2D eigenvalue weighted by atomic mass is 10.0. The molecule has 1 unspecified atom stereocenters. The fourth-order valence-corrected chi connectivity index (χ4v) is 1.98. The predicted molar refractivity (Wildman–Crippen MR) is 67.5 cm³/mol. The van der Waals surface area contributed by atoms with Crippen molar-refractivity contribution in [3.8, 4) is 0 Å². The largest absolute Gasteiger partial charge is 0.305 e. The van der Waals surface area contributed by atoms with Crippen molar-refractivity contribution in [2.24, 2.45) is 7.05 Å². The SMILES string of the molecule is CCCNC(c1cc(F)c(F)c(F)c1)c1cnnn1C. The van der Waals surface area contributed by atoms with E-state index in [2.05, 4.69) is 15.6 Å². The van der Waals surface area contributed by atoms with Gasteiger partial charge >= 0.3 is 0 Å². The quantitative estimate of drug-likeness (QED) is 0.857. The second kappa shape index (κ2) is 6.04. The van der Waals surface area contributed by atoms with E-state index in [4.69, 9.17) is 0 Å². The minimum absolute atomic E-state index is 0.292. The van der Waals surface area contributed by atoms with Crippen molar-refractivity contribution in [1.82, 2.24) is 20.3 Å². The molecule has 0 aliphatic carbocycles.